The van der Waals surface area contributed by atoms with E-state index in [4.69, 9.17) is 4.74 Å². The Bertz CT molecular complexity index is 775. The van der Waals surface area contributed by atoms with Crippen LogP contribution < -0.4 is 0 Å². The van der Waals surface area contributed by atoms with E-state index < -0.39 is 0 Å². The normalized spacial score (nSPS) is 18.4. The van der Waals surface area contributed by atoms with E-state index in [2.05, 4.69) is 41.3 Å². The lowest BCUT2D eigenvalue weighted by atomic mass is 9.91. The van der Waals surface area contributed by atoms with Crippen molar-refractivity contribution in [1.82, 2.24) is 4.90 Å². The van der Waals surface area contributed by atoms with Crippen molar-refractivity contribution < 1.29 is 9.53 Å². The molecule has 1 saturated heterocycles. The number of hydrogen-bond acceptors (Lipinski definition) is 3. The van der Waals surface area contributed by atoms with Crippen LogP contribution in [0.2, 0.25) is 0 Å². The van der Waals surface area contributed by atoms with Gasteiger partial charge >= 0.3 is 0 Å². The molecule has 0 saturated carbocycles. The van der Waals surface area contributed by atoms with Gasteiger partial charge in [0.15, 0.2) is 5.78 Å². The number of carbonyl (C=O) groups excluding carboxylic acids is 1. The van der Waals surface area contributed by atoms with Gasteiger partial charge in [-0.3, -0.25) is 4.79 Å². The zero-order valence-corrected chi connectivity index (χ0v) is 17.1. The number of hydrogen-bond donors (Lipinski definition) is 0. The van der Waals surface area contributed by atoms with E-state index in [1.165, 1.54) is 11.1 Å². The summed E-state index contributed by atoms with van der Waals surface area (Å²) in [7, 11) is 4.07. The zero-order chi connectivity index (χ0) is 19.8. The number of allylic oxidation sites excluding steroid dienone is 7. The third-order valence-corrected chi connectivity index (χ3v) is 5.41. The van der Waals surface area contributed by atoms with Crippen molar-refractivity contribution >= 4 is 5.78 Å². The van der Waals surface area contributed by atoms with Crippen LogP contribution in [0.4, 0.5) is 0 Å². The fourth-order valence-corrected chi connectivity index (χ4v) is 3.63. The van der Waals surface area contributed by atoms with Crippen LogP contribution in [0.3, 0.4) is 0 Å². The van der Waals surface area contributed by atoms with Gasteiger partial charge in [0.25, 0.3) is 0 Å². The van der Waals surface area contributed by atoms with Crippen LogP contribution in [0.15, 0.2) is 72.0 Å². The Morgan fingerprint density at radius 2 is 1.93 bits per heavy atom. The molecule has 0 atom stereocenters. The average Bonchev–Trinajstić information content (AvgIpc) is 2.74. The summed E-state index contributed by atoms with van der Waals surface area (Å²) in [6.45, 7) is 1.68. The van der Waals surface area contributed by atoms with E-state index in [1.54, 1.807) is 0 Å². The van der Waals surface area contributed by atoms with Gasteiger partial charge in [0.2, 0.25) is 0 Å². The molecule has 0 bridgehead atoms. The number of carbonyl (C=O) groups is 1. The molecule has 3 heteroatoms. The molecule has 1 fully saturated rings. The maximum absolute atomic E-state index is 12.5. The molecule has 3 nitrogen and oxygen atoms in total. The molecule has 0 spiro atoms. The third-order valence-electron chi connectivity index (χ3n) is 5.41. The minimum atomic E-state index is 0.160. The number of rotatable bonds is 7. The van der Waals surface area contributed by atoms with Gasteiger partial charge in [0.05, 0.1) is 0 Å². The quantitative estimate of drug-likeness (QED) is 0.469. The van der Waals surface area contributed by atoms with Crippen molar-refractivity contribution in [3.8, 4) is 0 Å². The second-order valence-electron chi connectivity index (χ2n) is 7.71. The van der Waals surface area contributed by atoms with Crippen molar-refractivity contribution in [1.29, 1.82) is 0 Å². The zero-order valence-electron chi connectivity index (χ0n) is 17.1. The van der Waals surface area contributed by atoms with Gasteiger partial charge in [0, 0.05) is 45.0 Å². The first-order valence-electron chi connectivity index (χ1n) is 10.3. The average molecular weight is 378 g/mol. The van der Waals surface area contributed by atoms with E-state index in [0.717, 1.165) is 50.2 Å². The van der Waals surface area contributed by atoms with Crippen LogP contribution >= 0.6 is 0 Å². The number of nitrogens with zero attached hydrogens (tertiary/aromatic N) is 1. The van der Waals surface area contributed by atoms with Crippen molar-refractivity contribution in [2.75, 3.05) is 27.3 Å². The van der Waals surface area contributed by atoms with Gasteiger partial charge < -0.3 is 9.64 Å². The number of likely N-dealkylation sites (N-methyl/N-ethyl adjacent to an activating group) is 1. The molecular weight excluding hydrogens is 346 g/mol. The largest absolute Gasteiger partial charge is 0.381 e. The van der Waals surface area contributed by atoms with Gasteiger partial charge in [-0.2, -0.15) is 0 Å². The van der Waals surface area contributed by atoms with Crippen LogP contribution in [-0.2, 0) is 4.74 Å². The lowest BCUT2D eigenvalue weighted by molar-refractivity contribution is 0.0853. The number of ether oxygens (including phenoxy) is 1. The highest BCUT2D eigenvalue weighted by Crippen LogP contribution is 2.27. The molecule has 1 aromatic rings. The highest BCUT2D eigenvalue weighted by atomic mass is 16.5. The molecule has 1 aliphatic carbocycles. The van der Waals surface area contributed by atoms with Crippen LogP contribution in [0.5, 0.6) is 0 Å². The number of ketones is 1. The van der Waals surface area contributed by atoms with E-state index in [0.29, 0.717) is 12.3 Å². The second-order valence-corrected chi connectivity index (χ2v) is 7.71. The summed E-state index contributed by atoms with van der Waals surface area (Å²) in [6.07, 6.45) is 17.4. The SMILES string of the molecule is CN(C)C(/C=C\CC(=O)c1ccc(C2CCOCC2)cc1)=C/C1=CC=CCC1. The Balaban J connectivity index is 1.59. The summed E-state index contributed by atoms with van der Waals surface area (Å²) >= 11 is 0. The molecule has 3 rings (SSSR count). The van der Waals surface area contributed by atoms with E-state index in [-0.39, 0.29) is 5.78 Å². The van der Waals surface area contributed by atoms with Gasteiger partial charge in [-0.15, -0.1) is 0 Å². The van der Waals surface area contributed by atoms with Gasteiger partial charge in [0.1, 0.15) is 0 Å². The van der Waals surface area contributed by atoms with E-state index >= 15 is 0 Å². The first kappa shape index (κ1) is 20.3. The summed E-state index contributed by atoms with van der Waals surface area (Å²) in [5, 5.41) is 0. The fourth-order valence-electron chi connectivity index (χ4n) is 3.63. The molecular formula is C25H31NO2. The molecule has 148 valence electrons. The summed E-state index contributed by atoms with van der Waals surface area (Å²) in [5.74, 6) is 0.724. The van der Waals surface area contributed by atoms with Crippen molar-refractivity contribution in [2.45, 2.75) is 38.0 Å². The monoisotopic (exact) mass is 377 g/mol. The molecule has 0 unspecified atom stereocenters. The molecule has 0 radical (unpaired) electrons. The first-order valence-corrected chi connectivity index (χ1v) is 10.3. The van der Waals surface area contributed by atoms with Crippen molar-refractivity contribution in [3.05, 3.63) is 83.1 Å². The third kappa shape index (κ3) is 5.80. The minimum Gasteiger partial charge on any atom is -0.381 e. The van der Waals surface area contributed by atoms with Crippen LogP contribution in [-0.4, -0.2) is 38.0 Å². The predicted molar refractivity (Wildman–Crippen MR) is 116 cm³/mol. The van der Waals surface area contributed by atoms with Crippen molar-refractivity contribution in [3.63, 3.8) is 0 Å². The molecule has 0 N–H and O–H groups in total. The Hall–Kier alpha value is -2.39. The Kier molecular flexibility index (Phi) is 7.44. The van der Waals surface area contributed by atoms with Gasteiger partial charge in [-0.25, -0.2) is 0 Å². The topological polar surface area (TPSA) is 29.5 Å². The summed E-state index contributed by atoms with van der Waals surface area (Å²) in [4.78, 5) is 14.6. The molecule has 0 aromatic heterocycles. The second kappa shape index (κ2) is 10.2. The molecule has 1 heterocycles. The molecule has 1 aliphatic heterocycles. The summed E-state index contributed by atoms with van der Waals surface area (Å²) < 4.78 is 5.43. The highest BCUT2D eigenvalue weighted by Gasteiger charge is 2.16. The van der Waals surface area contributed by atoms with Gasteiger partial charge in [-0.05, 0) is 54.9 Å². The van der Waals surface area contributed by atoms with E-state index in [1.807, 2.05) is 38.4 Å². The Morgan fingerprint density at radius 3 is 2.57 bits per heavy atom. The maximum Gasteiger partial charge on any atom is 0.166 e. The summed E-state index contributed by atoms with van der Waals surface area (Å²) in [6, 6.07) is 8.17. The Labute approximate surface area is 169 Å². The molecule has 28 heavy (non-hydrogen) atoms. The number of benzene rings is 1. The lowest BCUT2D eigenvalue weighted by Gasteiger charge is -2.22. The lowest BCUT2D eigenvalue weighted by Crippen LogP contribution is -2.14. The van der Waals surface area contributed by atoms with Crippen LogP contribution in [0, 0.1) is 0 Å². The van der Waals surface area contributed by atoms with Crippen LogP contribution in [0.1, 0.15) is 53.9 Å². The van der Waals surface area contributed by atoms with E-state index in [9.17, 15) is 4.79 Å². The Morgan fingerprint density at radius 1 is 1.18 bits per heavy atom. The number of Topliss-reactive ketones (excluding diaryl/α,β-unsaturated/α-hetero) is 1. The van der Waals surface area contributed by atoms with Gasteiger partial charge in [-0.1, -0.05) is 48.6 Å². The molecule has 2 aliphatic rings. The van der Waals surface area contributed by atoms with Crippen LogP contribution in [0.25, 0.3) is 0 Å². The van der Waals surface area contributed by atoms with Crippen molar-refractivity contribution in [2.24, 2.45) is 0 Å². The standard InChI is InChI=1S/C25H31NO2/c1-26(2)24(19-20-7-4-3-5-8-20)9-6-10-25(27)23-13-11-21(12-14-23)22-15-17-28-18-16-22/h3-4,6-7,9,11-14,19,22H,5,8,10,15-18H2,1-2H3/b9-6-,24-19+. The maximum atomic E-state index is 12.5. The minimum absolute atomic E-state index is 0.160. The summed E-state index contributed by atoms with van der Waals surface area (Å²) in [5.41, 5.74) is 4.55. The first-order chi connectivity index (χ1) is 13.6. The molecule has 0 amide bonds. The smallest absolute Gasteiger partial charge is 0.166 e. The predicted octanol–water partition coefficient (Wildman–Crippen LogP) is 5.43. The highest BCUT2D eigenvalue weighted by molar-refractivity contribution is 5.97. The fraction of sp³-hybridized carbons (Fsp3) is 0.400. The molecule has 1 aromatic carbocycles.